The molecular formula is C19H21N5O. The molecule has 0 aliphatic carbocycles. The summed E-state index contributed by atoms with van der Waals surface area (Å²) in [7, 11) is 0. The second-order valence-corrected chi connectivity index (χ2v) is 6.47. The number of carbonyl (C=O) groups excluding carboxylic acids is 1. The first kappa shape index (κ1) is 16.9. The first-order valence-corrected chi connectivity index (χ1v) is 8.47. The van der Waals surface area contributed by atoms with Crippen molar-refractivity contribution in [2.24, 2.45) is 5.92 Å². The van der Waals surface area contributed by atoms with Gasteiger partial charge in [-0.3, -0.25) is 4.79 Å². The summed E-state index contributed by atoms with van der Waals surface area (Å²) < 4.78 is 0. The number of nitrogens with zero attached hydrogens (tertiary/aromatic N) is 4. The van der Waals surface area contributed by atoms with Crippen LogP contribution in [-0.4, -0.2) is 29.0 Å². The summed E-state index contributed by atoms with van der Waals surface area (Å²) in [6.07, 6.45) is 2.26. The zero-order chi connectivity index (χ0) is 17.8. The Hall–Kier alpha value is -2.94. The lowest BCUT2D eigenvalue weighted by Crippen LogP contribution is -2.34. The third-order valence-electron chi connectivity index (χ3n) is 4.41. The van der Waals surface area contributed by atoms with Gasteiger partial charge in [0, 0.05) is 24.8 Å². The SMILES string of the molecule is Cc1nc(C(=O)Nc2cccc(C#N)c2)cc(N2CCC(C)CC2)n1. The highest BCUT2D eigenvalue weighted by atomic mass is 16.1. The summed E-state index contributed by atoms with van der Waals surface area (Å²) in [6, 6.07) is 10.6. The van der Waals surface area contributed by atoms with Crippen LogP contribution >= 0.6 is 0 Å². The van der Waals surface area contributed by atoms with Gasteiger partial charge in [-0.1, -0.05) is 13.0 Å². The van der Waals surface area contributed by atoms with Crippen molar-refractivity contribution < 1.29 is 4.79 Å². The zero-order valence-electron chi connectivity index (χ0n) is 14.5. The Kier molecular flexibility index (Phi) is 4.94. The largest absolute Gasteiger partial charge is 0.356 e. The molecular weight excluding hydrogens is 314 g/mol. The Morgan fingerprint density at radius 3 is 2.76 bits per heavy atom. The van der Waals surface area contributed by atoms with Crippen molar-refractivity contribution in [2.75, 3.05) is 23.3 Å². The zero-order valence-corrected chi connectivity index (χ0v) is 14.5. The van der Waals surface area contributed by atoms with E-state index in [2.05, 4.69) is 33.2 Å². The molecule has 3 rings (SSSR count). The van der Waals surface area contributed by atoms with Crippen LogP contribution in [-0.2, 0) is 0 Å². The molecule has 128 valence electrons. The molecule has 1 amide bonds. The van der Waals surface area contributed by atoms with Crippen LogP contribution in [0.5, 0.6) is 0 Å². The third kappa shape index (κ3) is 4.13. The Morgan fingerprint density at radius 1 is 1.28 bits per heavy atom. The van der Waals surface area contributed by atoms with Crippen molar-refractivity contribution in [2.45, 2.75) is 26.7 Å². The van der Waals surface area contributed by atoms with Gasteiger partial charge in [0.1, 0.15) is 17.3 Å². The van der Waals surface area contributed by atoms with E-state index in [0.29, 0.717) is 22.8 Å². The molecule has 1 aromatic heterocycles. The Labute approximate surface area is 147 Å². The van der Waals surface area contributed by atoms with E-state index in [1.54, 1.807) is 37.3 Å². The normalized spacial score (nSPS) is 14.8. The molecule has 0 bridgehead atoms. The van der Waals surface area contributed by atoms with Gasteiger partial charge < -0.3 is 10.2 Å². The molecule has 2 heterocycles. The van der Waals surface area contributed by atoms with Crippen LogP contribution in [0.4, 0.5) is 11.5 Å². The van der Waals surface area contributed by atoms with Gasteiger partial charge >= 0.3 is 0 Å². The highest BCUT2D eigenvalue weighted by Crippen LogP contribution is 2.22. The number of amides is 1. The van der Waals surface area contributed by atoms with Crippen LogP contribution in [0.15, 0.2) is 30.3 Å². The molecule has 25 heavy (non-hydrogen) atoms. The first-order valence-electron chi connectivity index (χ1n) is 8.47. The number of aromatic nitrogens is 2. The Bertz CT molecular complexity index is 819. The van der Waals surface area contributed by atoms with E-state index in [0.717, 1.165) is 37.7 Å². The van der Waals surface area contributed by atoms with Gasteiger partial charge in [-0.2, -0.15) is 5.26 Å². The first-order chi connectivity index (χ1) is 12.0. The van der Waals surface area contributed by atoms with Crippen LogP contribution in [0.1, 0.15) is 41.6 Å². The smallest absolute Gasteiger partial charge is 0.274 e. The van der Waals surface area contributed by atoms with Crippen LogP contribution in [0.25, 0.3) is 0 Å². The van der Waals surface area contributed by atoms with Gasteiger partial charge in [0.05, 0.1) is 11.6 Å². The number of nitriles is 1. The lowest BCUT2D eigenvalue weighted by Gasteiger charge is -2.31. The fourth-order valence-electron chi connectivity index (χ4n) is 2.93. The van der Waals surface area contributed by atoms with E-state index in [-0.39, 0.29) is 5.91 Å². The number of hydrogen-bond acceptors (Lipinski definition) is 5. The maximum atomic E-state index is 12.6. The fourth-order valence-corrected chi connectivity index (χ4v) is 2.93. The van der Waals surface area contributed by atoms with Crippen LogP contribution in [0.2, 0.25) is 0 Å². The molecule has 2 aromatic rings. The minimum atomic E-state index is -0.299. The standard InChI is InChI=1S/C19H21N5O/c1-13-6-8-24(9-7-13)18-11-17(21-14(2)22-18)19(25)23-16-5-3-4-15(10-16)12-20/h3-5,10-11,13H,6-9H2,1-2H3,(H,23,25). The van der Waals surface area contributed by atoms with Crippen molar-refractivity contribution in [3.63, 3.8) is 0 Å². The summed E-state index contributed by atoms with van der Waals surface area (Å²) in [5, 5.41) is 11.8. The molecule has 0 saturated carbocycles. The van der Waals surface area contributed by atoms with Crippen LogP contribution < -0.4 is 10.2 Å². The summed E-state index contributed by atoms with van der Waals surface area (Å²) in [6.45, 7) is 5.95. The average molecular weight is 335 g/mol. The van der Waals surface area contributed by atoms with Crippen molar-refractivity contribution in [3.05, 3.63) is 47.4 Å². The lowest BCUT2D eigenvalue weighted by molar-refractivity contribution is 0.102. The number of nitrogens with one attached hydrogen (secondary N) is 1. The molecule has 0 unspecified atom stereocenters. The van der Waals surface area contributed by atoms with Gasteiger partial charge in [0.2, 0.25) is 0 Å². The molecule has 0 atom stereocenters. The third-order valence-corrected chi connectivity index (χ3v) is 4.41. The fraction of sp³-hybridized carbons (Fsp3) is 0.368. The number of aryl methyl sites for hydroxylation is 1. The van der Waals surface area contributed by atoms with Gasteiger partial charge in [0.25, 0.3) is 5.91 Å². The number of piperidine rings is 1. The van der Waals surface area contributed by atoms with Gasteiger partial charge in [-0.05, 0) is 43.9 Å². The highest BCUT2D eigenvalue weighted by Gasteiger charge is 2.19. The minimum absolute atomic E-state index is 0.299. The van der Waals surface area contributed by atoms with E-state index in [4.69, 9.17) is 5.26 Å². The summed E-state index contributed by atoms with van der Waals surface area (Å²) in [5.74, 6) is 1.81. The second kappa shape index (κ2) is 7.31. The molecule has 1 N–H and O–H groups in total. The Balaban J connectivity index is 1.79. The molecule has 6 heteroatoms. The van der Waals surface area contributed by atoms with Gasteiger partial charge in [-0.15, -0.1) is 0 Å². The molecule has 1 aromatic carbocycles. The number of hydrogen-bond donors (Lipinski definition) is 1. The predicted molar refractivity (Wildman–Crippen MR) is 96.5 cm³/mol. The van der Waals surface area contributed by atoms with E-state index in [9.17, 15) is 4.79 Å². The second-order valence-electron chi connectivity index (χ2n) is 6.47. The van der Waals surface area contributed by atoms with E-state index in [1.165, 1.54) is 0 Å². The predicted octanol–water partition coefficient (Wildman–Crippen LogP) is 3.15. The van der Waals surface area contributed by atoms with Crippen molar-refractivity contribution in [1.82, 2.24) is 9.97 Å². The van der Waals surface area contributed by atoms with Crippen molar-refractivity contribution >= 4 is 17.4 Å². The van der Waals surface area contributed by atoms with E-state index < -0.39 is 0 Å². The van der Waals surface area contributed by atoms with E-state index >= 15 is 0 Å². The molecule has 1 aliphatic rings. The molecule has 1 fully saturated rings. The number of rotatable bonds is 3. The summed E-state index contributed by atoms with van der Waals surface area (Å²) in [5.41, 5.74) is 1.41. The molecule has 1 aliphatic heterocycles. The highest BCUT2D eigenvalue weighted by molar-refractivity contribution is 6.03. The quantitative estimate of drug-likeness (QED) is 0.932. The minimum Gasteiger partial charge on any atom is -0.356 e. The molecule has 0 radical (unpaired) electrons. The Morgan fingerprint density at radius 2 is 2.04 bits per heavy atom. The maximum absolute atomic E-state index is 12.6. The monoisotopic (exact) mass is 335 g/mol. The summed E-state index contributed by atoms with van der Waals surface area (Å²) >= 11 is 0. The average Bonchev–Trinajstić information content (AvgIpc) is 2.62. The lowest BCUT2D eigenvalue weighted by atomic mass is 9.99. The molecule has 1 saturated heterocycles. The molecule has 6 nitrogen and oxygen atoms in total. The van der Waals surface area contributed by atoms with Crippen molar-refractivity contribution in [1.29, 1.82) is 5.26 Å². The van der Waals surface area contributed by atoms with Gasteiger partial charge in [0.15, 0.2) is 0 Å². The number of benzene rings is 1. The van der Waals surface area contributed by atoms with Crippen LogP contribution in [0, 0.1) is 24.2 Å². The van der Waals surface area contributed by atoms with Gasteiger partial charge in [-0.25, -0.2) is 9.97 Å². The maximum Gasteiger partial charge on any atom is 0.274 e. The number of carbonyl (C=O) groups is 1. The van der Waals surface area contributed by atoms with Crippen molar-refractivity contribution in [3.8, 4) is 6.07 Å². The topological polar surface area (TPSA) is 81.9 Å². The molecule has 0 spiro atoms. The van der Waals surface area contributed by atoms with E-state index in [1.807, 2.05) is 0 Å². The van der Waals surface area contributed by atoms with Crippen LogP contribution in [0.3, 0.4) is 0 Å². The number of anilines is 2. The summed E-state index contributed by atoms with van der Waals surface area (Å²) in [4.78, 5) is 23.5.